The monoisotopic (exact) mass is 887 g/mol. The molecule has 0 fully saturated rings. The van der Waals surface area contributed by atoms with E-state index in [0.29, 0.717) is 30.0 Å². The summed E-state index contributed by atoms with van der Waals surface area (Å²) < 4.78 is 23.2. The Bertz CT molecular complexity index is 2450. The average Bonchev–Trinajstić information content (AvgIpc) is 3.23. The molecule has 10 N–H and O–H groups in total. The predicted molar refractivity (Wildman–Crippen MR) is 235 cm³/mol. The number of nitrogens with two attached hydrogens (primary N) is 2. The van der Waals surface area contributed by atoms with E-state index >= 15 is 0 Å². The van der Waals surface area contributed by atoms with Crippen molar-refractivity contribution in [2.45, 2.75) is 62.9 Å². The smallest absolute Gasteiger partial charge is 0.251 e. The van der Waals surface area contributed by atoms with E-state index in [2.05, 4.69) is 21.3 Å². The fourth-order valence-corrected chi connectivity index (χ4v) is 7.46. The lowest BCUT2D eigenvalue weighted by molar-refractivity contribution is -0.141. The molecule has 5 amide bonds. The number of carbonyl (C=O) groups excluding carboxylic acids is 5. The van der Waals surface area contributed by atoms with Gasteiger partial charge in [-0.25, -0.2) is 8.42 Å². The highest BCUT2D eigenvalue weighted by molar-refractivity contribution is 7.93. The number of aromatic hydroxyl groups is 2. The first kappa shape index (κ1) is 46.8. The second-order valence-corrected chi connectivity index (χ2v) is 17.4. The molecule has 328 valence electrons. The van der Waals surface area contributed by atoms with E-state index in [4.69, 9.17) is 23.1 Å². The van der Waals surface area contributed by atoms with Crippen molar-refractivity contribution in [3.63, 3.8) is 0 Å². The number of carbonyl (C=O) groups is 5. The molecule has 0 aromatic heterocycles. The number of fused-ring (bicyclic) bond motifs is 5. The van der Waals surface area contributed by atoms with Gasteiger partial charge in [-0.15, -0.1) is 0 Å². The molecule has 0 unspecified atom stereocenters. The number of amides is 5. The maximum absolute atomic E-state index is 14.5. The minimum atomic E-state index is -3.57. The molecule has 18 heteroatoms. The Morgan fingerprint density at radius 1 is 0.887 bits per heavy atom. The van der Waals surface area contributed by atoms with Gasteiger partial charge in [-0.2, -0.15) is 0 Å². The number of likely N-dealkylation sites (N-methyl/N-ethyl adjacent to an activating group) is 1. The number of phenolic OH excluding ortho intramolecular Hbond substituents is 2. The summed E-state index contributed by atoms with van der Waals surface area (Å²) in [4.78, 5) is 70.9. The van der Waals surface area contributed by atoms with Crippen molar-refractivity contribution in [1.82, 2.24) is 26.2 Å². The molecular weight excluding hydrogens is 838 g/mol. The number of hydrogen-bond donors (Lipinski definition) is 8. The van der Waals surface area contributed by atoms with E-state index < -0.39 is 69.7 Å². The Kier molecular flexibility index (Phi) is 15.5. The van der Waals surface area contributed by atoms with Gasteiger partial charge < -0.3 is 47.8 Å². The molecule has 16 nitrogen and oxygen atoms in total. The fourth-order valence-electron chi connectivity index (χ4n) is 6.88. The Balaban J connectivity index is 1.49. The van der Waals surface area contributed by atoms with Crippen LogP contribution in [0.2, 0.25) is 5.02 Å². The van der Waals surface area contributed by atoms with E-state index in [0.717, 1.165) is 33.8 Å². The number of benzene rings is 4. The Morgan fingerprint density at radius 2 is 1.50 bits per heavy atom. The number of halogens is 1. The second-order valence-electron chi connectivity index (χ2n) is 15.1. The summed E-state index contributed by atoms with van der Waals surface area (Å²) in [5.41, 5.74) is 14.5. The van der Waals surface area contributed by atoms with Gasteiger partial charge in [0, 0.05) is 46.8 Å². The van der Waals surface area contributed by atoms with Gasteiger partial charge in [0.15, 0.2) is 9.84 Å². The number of sulfone groups is 1. The summed E-state index contributed by atoms with van der Waals surface area (Å²) >= 11 is 6.04. The van der Waals surface area contributed by atoms with Crippen LogP contribution < -0.4 is 32.7 Å². The number of rotatable bonds is 13. The molecule has 4 bridgehead atoms. The first-order valence-electron chi connectivity index (χ1n) is 19.7. The zero-order chi connectivity index (χ0) is 45.3. The summed E-state index contributed by atoms with van der Waals surface area (Å²) in [6.07, 6.45) is 1.76. The van der Waals surface area contributed by atoms with E-state index in [1.807, 2.05) is 12.1 Å². The standard InChI is InChI=1S/C44H50ClN7O9S/c1-25-40(55)50-35(42(57)51-38(47)19-21-62(3,60)61)23-26-7-17-36(53)32(22-26)33-24-30(14-18-37(33)54)39(43(58)48-25)52(2)44(59)34(6-4-5-20-46)49-41(56)29-10-8-27(9-11-29)28-12-15-31(45)16-13-28/h7-19,21-22,24-25,34-35,38-39,53-54H,4-6,20,23,46-47H2,1-3H3,(H,48,58)(H,49,56)(H,50,55)(H,51,57)/b21-19+/t25-,34-,35-,38+,39-/m0/s1. The van der Waals surface area contributed by atoms with E-state index in [1.165, 1.54) is 50.4 Å². The number of nitrogens with one attached hydrogen (secondary N) is 4. The van der Waals surface area contributed by atoms with Crippen molar-refractivity contribution in [3.05, 3.63) is 118 Å². The van der Waals surface area contributed by atoms with Crippen LogP contribution in [0.5, 0.6) is 11.5 Å². The predicted octanol–water partition coefficient (Wildman–Crippen LogP) is 3.02. The molecule has 1 aliphatic heterocycles. The lowest BCUT2D eigenvalue weighted by atomic mass is 9.93. The van der Waals surface area contributed by atoms with Gasteiger partial charge in [-0.05, 0) is 110 Å². The van der Waals surface area contributed by atoms with E-state index in [9.17, 15) is 42.6 Å². The number of phenols is 2. The highest BCUT2D eigenvalue weighted by Crippen LogP contribution is 2.39. The van der Waals surface area contributed by atoms with Crippen molar-refractivity contribution in [2.75, 3.05) is 19.8 Å². The molecular formula is C44H50ClN7O9S. The van der Waals surface area contributed by atoms with Crippen LogP contribution in [-0.2, 0) is 35.4 Å². The van der Waals surface area contributed by atoms with Crippen molar-refractivity contribution < 1.29 is 42.6 Å². The van der Waals surface area contributed by atoms with Gasteiger partial charge in [0.2, 0.25) is 23.6 Å². The normalized spacial score (nSPS) is 17.8. The summed E-state index contributed by atoms with van der Waals surface area (Å²) in [6.45, 7) is 1.71. The number of nitrogens with zero attached hydrogens (tertiary/aromatic N) is 1. The summed E-state index contributed by atoms with van der Waals surface area (Å²) in [7, 11) is -2.20. The maximum Gasteiger partial charge on any atom is 0.251 e. The van der Waals surface area contributed by atoms with Gasteiger partial charge in [-0.3, -0.25) is 24.0 Å². The molecule has 62 heavy (non-hydrogen) atoms. The van der Waals surface area contributed by atoms with Crippen LogP contribution in [0.1, 0.15) is 53.7 Å². The van der Waals surface area contributed by atoms with Crippen LogP contribution in [-0.4, -0.2) is 97.2 Å². The highest BCUT2D eigenvalue weighted by atomic mass is 35.5. The summed E-state index contributed by atoms with van der Waals surface area (Å²) in [6, 6.07) is 17.3. The lowest BCUT2D eigenvalue weighted by Crippen LogP contribution is -2.57. The molecule has 0 saturated heterocycles. The minimum absolute atomic E-state index is 0.0819. The fraction of sp³-hybridized carbons (Fsp3) is 0.295. The molecule has 4 aromatic carbocycles. The molecule has 5 rings (SSSR count). The van der Waals surface area contributed by atoms with Gasteiger partial charge in [0.05, 0.1) is 6.17 Å². The quantitative estimate of drug-likeness (QED) is 0.0715. The van der Waals surface area contributed by atoms with Gasteiger partial charge in [0.1, 0.15) is 35.7 Å². The molecule has 0 spiro atoms. The van der Waals surface area contributed by atoms with Gasteiger partial charge in [-0.1, -0.05) is 48.0 Å². The Hall–Kier alpha value is -6.27. The zero-order valence-electron chi connectivity index (χ0n) is 34.3. The molecule has 0 saturated carbocycles. The number of hydrogen-bond acceptors (Lipinski definition) is 11. The zero-order valence-corrected chi connectivity index (χ0v) is 35.9. The Morgan fingerprint density at radius 3 is 2.13 bits per heavy atom. The second kappa shape index (κ2) is 20.5. The van der Waals surface area contributed by atoms with Crippen LogP contribution in [0.25, 0.3) is 22.3 Å². The van der Waals surface area contributed by atoms with Crippen molar-refractivity contribution >= 4 is 51.0 Å². The van der Waals surface area contributed by atoms with Crippen molar-refractivity contribution in [3.8, 4) is 33.8 Å². The topological polar surface area (TPSA) is 263 Å². The molecule has 1 heterocycles. The summed E-state index contributed by atoms with van der Waals surface area (Å²) in [5.74, 6) is -4.15. The van der Waals surface area contributed by atoms with E-state index in [-0.39, 0.29) is 46.6 Å². The van der Waals surface area contributed by atoms with Gasteiger partial charge >= 0.3 is 0 Å². The minimum Gasteiger partial charge on any atom is -0.507 e. The third kappa shape index (κ3) is 12.2. The largest absolute Gasteiger partial charge is 0.507 e. The third-order valence-electron chi connectivity index (χ3n) is 10.2. The van der Waals surface area contributed by atoms with Crippen LogP contribution >= 0.6 is 11.6 Å². The molecule has 0 aliphatic carbocycles. The molecule has 1 aliphatic rings. The van der Waals surface area contributed by atoms with E-state index in [1.54, 1.807) is 36.4 Å². The molecule has 0 radical (unpaired) electrons. The SMILES string of the molecule is C[C@@H]1NC(=O)[C@@H](N(C)C(=O)[C@H](CCCCN)NC(=O)c2ccc(-c3ccc(Cl)cc3)cc2)c2ccc(O)c(c2)-c2cc(ccc2O)C[C@@H](C(=O)N[C@@H](N)/C=C/S(C)(=O)=O)NC1=O. The maximum atomic E-state index is 14.5. The highest BCUT2D eigenvalue weighted by Gasteiger charge is 2.36. The molecule has 4 aromatic rings. The first-order valence-corrected chi connectivity index (χ1v) is 22.0. The van der Waals surface area contributed by atoms with Crippen LogP contribution in [0.4, 0.5) is 0 Å². The number of unbranched alkanes of at least 4 members (excludes halogenated alkanes) is 1. The first-order chi connectivity index (χ1) is 29.3. The third-order valence-corrected chi connectivity index (χ3v) is 11.1. The van der Waals surface area contributed by atoms with Crippen molar-refractivity contribution in [2.24, 2.45) is 11.5 Å². The summed E-state index contributed by atoms with van der Waals surface area (Å²) in [5, 5.41) is 34.1. The van der Waals surface area contributed by atoms with Crippen LogP contribution in [0, 0.1) is 0 Å². The molecule has 5 atom stereocenters. The Labute approximate surface area is 364 Å². The lowest BCUT2D eigenvalue weighted by Gasteiger charge is -2.32. The van der Waals surface area contributed by atoms with Crippen molar-refractivity contribution in [1.29, 1.82) is 0 Å². The van der Waals surface area contributed by atoms with Crippen LogP contribution in [0.3, 0.4) is 0 Å². The van der Waals surface area contributed by atoms with Crippen LogP contribution in [0.15, 0.2) is 96.4 Å². The average molecular weight is 888 g/mol. The van der Waals surface area contributed by atoms with Gasteiger partial charge in [0.25, 0.3) is 5.91 Å².